The van der Waals surface area contributed by atoms with Crippen LogP contribution in [0.15, 0.2) is 24.3 Å². The third-order valence-electron chi connectivity index (χ3n) is 4.85. The fraction of sp³-hybridized carbons (Fsp3) is 0.556. The van der Waals surface area contributed by atoms with Gasteiger partial charge >= 0.3 is 6.18 Å². The molecule has 2 fully saturated rings. The first kappa shape index (κ1) is 17.8. The van der Waals surface area contributed by atoms with Gasteiger partial charge in [-0.2, -0.15) is 13.2 Å². The molecule has 0 radical (unpaired) electrons. The van der Waals surface area contributed by atoms with E-state index in [1.54, 1.807) is 0 Å². The smallest absolute Gasteiger partial charge is 0.352 e. The zero-order chi connectivity index (χ0) is 18.0. The van der Waals surface area contributed by atoms with Gasteiger partial charge in [0.1, 0.15) is 0 Å². The van der Waals surface area contributed by atoms with Gasteiger partial charge in [0.15, 0.2) is 0 Å². The Morgan fingerprint density at radius 3 is 2.12 bits per heavy atom. The predicted molar refractivity (Wildman–Crippen MR) is 85.3 cm³/mol. The predicted octanol–water partition coefficient (Wildman–Crippen LogP) is 2.97. The van der Waals surface area contributed by atoms with Crippen molar-refractivity contribution in [2.24, 2.45) is 11.8 Å². The van der Waals surface area contributed by atoms with Gasteiger partial charge in [-0.05, 0) is 43.4 Å². The van der Waals surface area contributed by atoms with E-state index in [1.807, 2.05) is 4.90 Å². The van der Waals surface area contributed by atoms with E-state index in [9.17, 15) is 22.8 Å². The molecule has 2 aliphatic rings. The molecule has 1 saturated carbocycles. The van der Waals surface area contributed by atoms with Crippen LogP contribution in [0.25, 0.3) is 0 Å². The van der Waals surface area contributed by atoms with Crippen molar-refractivity contribution in [3.8, 4) is 0 Å². The maximum absolute atomic E-state index is 12.5. The largest absolute Gasteiger partial charge is 0.416 e. The summed E-state index contributed by atoms with van der Waals surface area (Å²) >= 11 is 0. The lowest BCUT2D eigenvalue weighted by Crippen LogP contribution is -2.43. The van der Waals surface area contributed by atoms with Crippen LogP contribution in [0.4, 0.5) is 13.2 Å². The number of hydrogen-bond acceptors (Lipinski definition) is 2. The van der Waals surface area contributed by atoms with Crippen molar-refractivity contribution in [1.82, 2.24) is 10.2 Å². The highest BCUT2D eigenvalue weighted by Crippen LogP contribution is 2.32. The van der Waals surface area contributed by atoms with Gasteiger partial charge < -0.3 is 10.2 Å². The van der Waals surface area contributed by atoms with E-state index in [1.165, 1.54) is 12.1 Å². The van der Waals surface area contributed by atoms with Crippen molar-refractivity contribution in [3.63, 3.8) is 0 Å². The molecule has 1 aliphatic heterocycles. The molecule has 1 saturated heterocycles. The molecular weight excluding hydrogens is 333 g/mol. The fourth-order valence-electron chi connectivity index (χ4n) is 3.10. The molecular formula is C18H21F3N2O2. The maximum Gasteiger partial charge on any atom is 0.416 e. The Balaban J connectivity index is 1.44. The van der Waals surface area contributed by atoms with Crippen LogP contribution in [0.5, 0.6) is 0 Å². The summed E-state index contributed by atoms with van der Waals surface area (Å²) in [5.41, 5.74) is -0.0713. The number of alkyl halides is 3. The standard InChI is InChI=1S/C18H21F3N2O2/c19-18(20,21)15-5-1-12(2-6-15)11-22-16(24)13-7-9-23(10-8-13)17(25)14-3-4-14/h1-2,5-6,13-14H,3-4,7-11H2,(H,22,24). The van der Waals surface area contributed by atoms with E-state index in [2.05, 4.69) is 5.32 Å². The lowest BCUT2D eigenvalue weighted by molar-refractivity contribution is -0.137. The number of nitrogens with one attached hydrogen (secondary N) is 1. The minimum atomic E-state index is -4.35. The molecule has 1 aliphatic carbocycles. The summed E-state index contributed by atoms with van der Waals surface area (Å²) in [5, 5.41) is 2.78. The molecule has 25 heavy (non-hydrogen) atoms. The topological polar surface area (TPSA) is 49.4 Å². The molecule has 0 aromatic heterocycles. The van der Waals surface area contributed by atoms with Crippen LogP contribution in [0.3, 0.4) is 0 Å². The van der Waals surface area contributed by atoms with Crippen molar-refractivity contribution in [2.45, 2.75) is 38.4 Å². The quantitative estimate of drug-likeness (QED) is 0.904. The summed E-state index contributed by atoms with van der Waals surface area (Å²) in [7, 11) is 0. The van der Waals surface area contributed by atoms with E-state index in [4.69, 9.17) is 0 Å². The minimum absolute atomic E-state index is 0.0987. The first-order chi connectivity index (χ1) is 11.8. The SMILES string of the molecule is O=C(NCc1ccc(C(F)(F)F)cc1)C1CCN(C(=O)C2CC2)CC1. The highest BCUT2D eigenvalue weighted by atomic mass is 19.4. The van der Waals surface area contributed by atoms with Crippen molar-refractivity contribution < 1.29 is 22.8 Å². The molecule has 0 bridgehead atoms. The second-order valence-corrected chi connectivity index (χ2v) is 6.79. The number of benzene rings is 1. The number of likely N-dealkylation sites (tertiary alicyclic amines) is 1. The summed E-state index contributed by atoms with van der Waals surface area (Å²) in [5.74, 6) is 0.171. The number of carbonyl (C=O) groups excluding carboxylic acids is 2. The van der Waals surface area contributed by atoms with Crippen LogP contribution in [0, 0.1) is 11.8 Å². The second-order valence-electron chi connectivity index (χ2n) is 6.79. The van der Waals surface area contributed by atoms with Gasteiger partial charge in [0.05, 0.1) is 5.56 Å². The average Bonchev–Trinajstić information content (AvgIpc) is 3.44. The Hall–Kier alpha value is -2.05. The summed E-state index contributed by atoms with van der Waals surface area (Å²) in [6, 6.07) is 4.78. The fourth-order valence-corrected chi connectivity index (χ4v) is 3.10. The lowest BCUT2D eigenvalue weighted by atomic mass is 9.95. The average molecular weight is 354 g/mol. The molecule has 0 unspecified atom stereocenters. The van der Waals surface area contributed by atoms with Gasteiger partial charge in [-0.3, -0.25) is 9.59 Å². The van der Waals surface area contributed by atoms with Gasteiger partial charge in [-0.25, -0.2) is 0 Å². The number of nitrogens with zero attached hydrogens (tertiary/aromatic N) is 1. The molecule has 1 N–H and O–H groups in total. The zero-order valence-electron chi connectivity index (χ0n) is 13.8. The Bertz CT molecular complexity index is 631. The summed E-state index contributed by atoms with van der Waals surface area (Å²) < 4.78 is 37.6. The van der Waals surface area contributed by atoms with E-state index in [0.29, 0.717) is 31.5 Å². The highest BCUT2D eigenvalue weighted by Gasteiger charge is 2.36. The minimum Gasteiger partial charge on any atom is -0.352 e. The number of piperidine rings is 1. The summed E-state index contributed by atoms with van der Waals surface area (Å²) in [6.07, 6.45) is -1.12. The van der Waals surface area contributed by atoms with E-state index in [-0.39, 0.29) is 30.2 Å². The van der Waals surface area contributed by atoms with Crippen molar-refractivity contribution in [2.75, 3.05) is 13.1 Å². The molecule has 136 valence electrons. The Morgan fingerprint density at radius 1 is 1.00 bits per heavy atom. The van der Waals surface area contributed by atoms with Gasteiger partial charge in [-0.15, -0.1) is 0 Å². The van der Waals surface area contributed by atoms with Crippen molar-refractivity contribution >= 4 is 11.8 Å². The molecule has 7 heteroatoms. The zero-order valence-corrected chi connectivity index (χ0v) is 13.8. The first-order valence-electron chi connectivity index (χ1n) is 8.57. The summed E-state index contributed by atoms with van der Waals surface area (Å²) in [6.45, 7) is 1.42. The van der Waals surface area contributed by atoms with Crippen LogP contribution in [-0.4, -0.2) is 29.8 Å². The van der Waals surface area contributed by atoms with Gasteiger partial charge in [0.2, 0.25) is 11.8 Å². The van der Waals surface area contributed by atoms with Gasteiger partial charge in [0.25, 0.3) is 0 Å². The van der Waals surface area contributed by atoms with Crippen LogP contribution in [0.2, 0.25) is 0 Å². The monoisotopic (exact) mass is 354 g/mol. The number of hydrogen-bond donors (Lipinski definition) is 1. The van der Waals surface area contributed by atoms with Crippen molar-refractivity contribution in [3.05, 3.63) is 35.4 Å². The number of rotatable bonds is 4. The Kier molecular flexibility index (Phi) is 5.01. The lowest BCUT2D eigenvalue weighted by Gasteiger charge is -2.31. The Labute approximate surface area is 144 Å². The van der Waals surface area contributed by atoms with Crippen LogP contribution < -0.4 is 5.32 Å². The number of halogens is 3. The molecule has 1 aromatic carbocycles. The summed E-state index contributed by atoms with van der Waals surface area (Å²) in [4.78, 5) is 26.1. The molecule has 2 amide bonds. The van der Waals surface area contributed by atoms with Crippen LogP contribution >= 0.6 is 0 Å². The van der Waals surface area contributed by atoms with E-state index in [0.717, 1.165) is 25.0 Å². The molecule has 0 atom stereocenters. The molecule has 0 spiro atoms. The first-order valence-corrected chi connectivity index (χ1v) is 8.57. The normalized spacial score (nSPS) is 18.9. The number of carbonyl (C=O) groups is 2. The molecule has 3 rings (SSSR count). The van der Waals surface area contributed by atoms with E-state index < -0.39 is 11.7 Å². The number of amides is 2. The molecule has 1 heterocycles. The highest BCUT2D eigenvalue weighted by molar-refractivity contribution is 5.82. The maximum atomic E-state index is 12.5. The van der Waals surface area contributed by atoms with E-state index >= 15 is 0 Å². The molecule has 1 aromatic rings. The second kappa shape index (κ2) is 7.06. The van der Waals surface area contributed by atoms with Crippen molar-refractivity contribution in [1.29, 1.82) is 0 Å². The third-order valence-corrected chi connectivity index (χ3v) is 4.85. The van der Waals surface area contributed by atoms with Gasteiger partial charge in [-0.1, -0.05) is 12.1 Å². The third kappa shape index (κ3) is 4.52. The molecule has 4 nitrogen and oxygen atoms in total. The Morgan fingerprint density at radius 2 is 1.60 bits per heavy atom. The van der Waals surface area contributed by atoms with Gasteiger partial charge in [0, 0.05) is 31.5 Å². The van der Waals surface area contributed by atoms with Crippen LogP contribution in [0.1, 0.15) is 36.8 Å². The van der Waals surface area contributed by atoms with Crippen LogP contribution in [-0.2, 0) is 22.3 Å².